The van der Waals surface area contributed by atoms with Crippen molar-refractivity contribution in [2.45, 2.75) is 71.0 Å². The topological polar surface area (TPSA) is 44.8 Å². The van der Waals surface area contributed by atoms with Gasteiger partial charge < -0.3 is 14.0 Å². The molecule has 0 saturated carbocycles. The maximum atomic E-state index is 12.0. The minimum absolute atomic E-state index is 0.165. The van der Waals surface area contributed by atoms with Crippen LogP contribution in [-0.2, 0) is 25.3 Å². The van der Waals surface area contributed by atoms with Crippen LogP contribution in [0.5, 0.6) is 0 Å². The number of hydrogen-bond acceptors (Lipinski definition) is 4. The number of benzene rings is 1. The van der Waals surface area contributed by atoms with Crippen LogP contribution < -0.4 is 5.46 Å². The van der Waals surface area contributed by atoms with Gasteiger partial charge >= 0.3 is 13.1 Å². The Hall–Kier alpha value is -1.11. The average Bonchev–Trinajstić information content (AvgIpc) is 2.66. The first-order valence-electron chi connectivity index (χ1n) is 9.00. The molecule has 1 fully saturated rings. The van der Waals surface area contributed by atoms with Crippen LogP contribution in [-0.4, -0.2) is 39.0 Å². The molecule has 1 aromatic carbocycles. The smallest absolute Gasteiger partial charge is 0.466 e. The van der Waals surface area contributed by atoms with Crippen molar-refractivity contribution in [3.05, 3.63) is 29.8 Å². The second-order valence-corrected chi connectivity index (χ2v) is 14.7. The SMILES string of the molecule is CC1(C)OB(c2ccc(CC(=O)OCC[Si](C)(C)C)cc2)OC1(C)C. The monoisotopic (exact) mass is 362 g/mol. The molecular weight excluding hydrogens is 331 g/mol. The number of rotatable bonds is 6. The largest absolute Gasteiger partial charge is 0.494 e. The molecule has 0 N–H and O–H groups in total. The Balaban J connectivity index is 1.89. The van der Waals surface area contributed by atoms with Gasteiger partial charge in [-0.3, -0.25) is 4.79 Å². The Labute approximate surface area is 153 Å². The summed E-state index contributed by atoms with van der Waals surface area (Å²) in [7, 11) is -1.54. The van der Waals surface area contributed by atoms with Crippen LogP contribution in [0.4, 0.5) is 0 Å². The van der Waals surface area contributed by atoms with E-state index in [2.05, 4.69) is 19.6 Å². The van der Waals surface area contributed by atoms with E-state index in [1.807, 2.05) is 52.0 Å². The third-order valence-electron chi connectivity index (χ3n) is 4.97. The molecule has 0 unspecified atom stereocenters. The first-order chi connectivity index (χ1) is 11.4. The lowest BCUT2D eigenvalue weighted by Gasteiger charge is -2.32. The van der Waals surface area contributed by atoms with Gasteiger partial charge in [0.1, 0.15) is 0 Å². The molecule has 138 valence electrons. The van der Waals surface area contributed by atoms with Crippen molar-refractivity contribution in [2.24, 2.45) is 0 Å². The predicted octanol–water partition coefficient (Wildman–Crippen LogP) is 3.41. The van der Waals surface area contributed by atoms with Crippen molar-refractivity contribution in [3.63, 3.8) is 0 Å². The van der Waals surface area contributed by atoms with Gasteiger partial charge in [0, 0.05) is 8.07 Å². The Kier molecular flexibility index (Phi) is 5.86. The Bertz CT molecular complexity index is 589. The summed E-state index contributed by atoms with van der Waals surface area (Å²) < 4.78 is 17.4. The number of ether oxygens (including phenoxy) is 1. The average molecular weight is 362 g/mol. The van der Waals surface area contributed by atoms with Crippen LogP contribution in [0, 0.1) is 0 Å². The van der Waals surface area contributed by atoms with Gasteiger partial charge in [-0.2, -0.15) is 0 Å². The number of esters is 1. The highest BCUT2D eigenvalue weighted by atomic mass is 28.3. The Morgan fingerprint density at radius 3 is 2.04 bits per heavy atom. The van der Waals surface area contributed by atoms with Crippen molar-refractivity contribution < 1.29 is 18.8 Å². The molecule has 1 aliphatic heterocycles. The van der Waals surface area contributed by atoms with E-state index in [4.69, 9.17) is 14.0 Å². The number of hydrogen-bond donors (Lipinski definition) is 0. The highest BCUT2D eigenvalue weighted by molar-refractivity contribution is 6.76. The molecule has 25 heavy (non-hydrogen) atoms. The minimum Gasteiger partial charge on any atom is -0.466 e. The first kappa shape index (κ1) is 20.2. The molecule has 0 bridgehead atoms. The highest BCUT2D eigenvalue weighted by Gasteiger charge is 2.51. The zero-order valence-corrected chi connectivity index (χ0v) is 17.6. The normalized spacial score (nSPS) is 19.1. The minimum atomic E-state index is -1.17. The van der Waals surface area contributed by atoms with Crippen molar-refractivity contribution in [2.75, 3.05) is 6.61 Å². The zero-order chi connectivity index (χ0) is 18.9. The van der Waals surface area contributed by atoms with Crippen molar-refractivity contribution in [1.29, 1.82) is 0 Å². The van der Waals surface area contributed by atoms with E-state index < -0.39 is 8.07 Å². The van der Waals surface area contributed by atoms with E-state index >= 15 is 0 Å². The fraction of sp³-hybridized carbons (Fsp3) is 0.632. The summed E-state index contributed by atoms with van der Waals surface area (Å²) in [6.45, 7) is 15.5. The second-order valence-electron chi connectivity index (χ2n) is 9.04. The van der Waals surface area contributed by atoms with E-state index in [1.54, 1.807) is 0 Å². The predicted molar refractivity (Wildman–Crippen MR) is 105 cm³/mol. The molecule has 0 aliphatic carbocycles. The highest BCUT2D eigenvalue weighted by Crippen LogP contribution is 2.36. The van der Waals surface area contributed by atoms with Crippen molar-refractivity contribution >= 4 is 26.6 Å². The van der Waals surface area contributed by atoms with Crippen LogP contribution in [0.15, 0.2) is 24.3 Å². The molecule has 0 amide bonds. The lowest BCUT2D eigenvalue weighted by atomic mass is 9.79. The van der Waals surface area contributed by atoms with Crippen LogP contribution in [0.2, 0.25) is 25.7 Å². The molecule has 0 radical (unpaired) electrons. The molecule has 2 rings (SSSR count). The molecule has 1 heterocycles. The molecular formula is C19H31BO4Si. The summed E-state index contributed by atoms with van der Waals surface area (Å²) in [6.07, 6.45) is 0.301. The van der Waals surface area contributed by atoms with Crippen LogP contribution in [0.25, 0.3) is 0 Å². The quantitative estimate of drug-likeness (QED) is 0.575. The molecule has 0 aromatic heterocycles. The van der Waals surface area contributed by atoms with Crippen LogP contribution in [0.3, 0.4) is 0 Å². The molecule has 0 spiro atoms. The molecule has 0 atom stereocenters. The molecule has 1 aliphatic rings. The van der Waals surface area contributed by atoms with Gasteiger partial charge in [-0.15, -0.1) is 0 Å². The molecule has 1 aromatic rings. The van der Waals surface area contributed by atoms with Crippen molar-refractivity contribution in [1.82, 2.24) is 0 Å². The number of carbonyl (C=O) groups is 1. The molecule has 6 heteroatoms. The van der Waals surface area contributed by atoms with Crippen molar-refractivity contribution in [3.8, 4) is 0 Å². The molecule has 4 nitrogen and oxygen atoms in total. The Morgan fingerprint density at radius 1 is 1.04 bits per heavy atom. The summed E-state index contributed by atoms with van der Waals surface area (Å²) in [5.74, 6) is -0.165. The van der Waals surface area contributed by atoms with Gasteiger partial charge in [0.15, 0.2) is 0 Å². The third kappa shape index (κ3) is 5.43. The Morgan fingerprint density at radius 2 is 1.56 bits per heavy atom. The molecule has 1 saturated heterocycles. The summed E-state index contributed by atoms with van der Waals surface area (Å²) in [4.78, 5) is 12.0. The first-order valence-corrected chi connectivity index (χ1v) is 12.7. The van der Waals surface area contributed by atoms with Crippen LogP contribution >= 0.6 is 0 Å². The third-order valence-corrected chi connectivity index (χ3v) is 6.67. The van der Waals surface area contributed by atoms with Gasteiger partial charge in [-0.1, -0.05) is 43.9 Å². The van der Waals surface area contributed by atoms with E-state index in [0.717, 1.165) is 17.1 Å². The van der Waals surface area contributed by atoms with Gasteiger partial charge in [0.2, 0.25) is 0 Å². The van der Waals surface area contributed by atoms with E-state index in [9.17, 15) is 4.79 Å². The lowest BCUT2D eigenvalue weighted by molar-refractivity contribution is -0.142. The van der Waals surface area contributed by atoms with E-state index in [-0.39, 0.29) is 24.3 Å². The van der Waals surface area contributed by atoms with Crippen LogP contribution in [0.1, 0.15) is 33.3 Å². The maximum absolute atomic E-state index is 12.0. The summed E-state index contributed by atoms with van der Waals surface area (Å²) in [5, 5.41) is 0. The maximum Gasteiger partial charge on any atom is 0.494 e. The van der Waals surface area contributed by atoms with E-state index in [1.165, 1.54) is 0 Å². The fourth-order valence-corrected chi connectivity index (χ4v) is 3.17. The summed E-state index contributed by atoms with van der Waals surface area (Å²) >= 11 is 0. The number of carbonyl (C=O) groups excluding carboxylic acids is 1. The van der Waals surface area contributed by atoms with Gasteiger partial charge in [-0.25, -0.2) is 0 Å². The fourth-order valence-electron chi connectivity index (χ4n) is 2.46. The summed E-state index contributed by atoms with van der Waals surface area (Å²) in [5.41, 5.74) is 1.21. The standard InChI is InChI=1S/C19H31BO4Si/c1-18(2)19(3,4)24-20(23-18)16-10-8-15(9-11-16)14-17(21)22-12-13-25(5,6)7/h8-11H,12-14H2,1-7H3. The van der Waals surface area contributed by atoms with Gasteiger partial charge in [-0.05, 0) is 44.8 Å². The second kappa shape index (κ2) is 7.25. The zero-order valence-electron chi connectivity index (χ0n) is 16.6. The van der Waals surface area contributed by atoms with E-state index in [0.29, 0.717) is 13.0 Å². The lowest BCUT2D eigenvalue weighted by Crippen LogP contribution is -2.41. The van der Waals surface area contributed by atoms with Gasteiger partial charge in [0.05, 0.1) is 24.2 Å². The van der Waals surface area contributed by atoms with Gasteiger partial charge in [0.25, 0.3) is 0 Å². The summed E-state index contributed by atoms with van der Waals surface area (Å²) in [6, 6.07) is 8.82.